The van der Waals surface area contributed by atoms with E-state index < -0.39 is 9.84 Å². The van der Waals surface area contributed by atoms with Gasteiger partial charge >= 0.3 is 0 Å². The quantitative estimate of drug-likeness (QED) is 0.879. The van der Waals surface area contributed by atoms with Crippen LogP contribution >= 0.6 is 15.9 Å². The lowest BCUT2D eigenvalue weighted by Crippen LogP contribution is -2.18. The third-order valence-electron chi connectivity index (χ3n) is 2.99. The van der Waals surface area contributed by atoms with Crippen LogP contribution in [-0.2, 0) is 9.84 Å². The first-order valence-corrected chi connectivity index (χ1v) is 9.01. The lowest BCUT2D eigenvalue weighted by Gasteiger charge is -2.18. The van der Waals surface area contributed by atoms with E-state index >= 15 is 0 Å². The van der Waals surface area contributed by atoms with Gasteiger partial charge in [0.05, 0.1) is 4.90 Å². The first-order chi connectivity index (χ1) is 9.90. The lowest BCUT2D eigenvalue weighted by molar-refractivity contribution is 0.214. The molecule has 2 rings (SSSR count). The molecular formula is C15H16BrNO3S. The monoisotopic (exact) mass is 369 g/mol. The van der Waals surface area contributed by atoms with Crippen LogP contribution in [0.25, 0.3) is 0 Å². The normalized spacial score (nSPS) is 12.9. The summed E-state index contributed by atoms with van der Waals surface area (Å²) in [4.78, 5) is 0.266. The van der Waals surface area contributed by atoms with Crippen molar-refractivity contribution in [3.8, 4) is 5.75 Å². The molecule has 2 aromatic rings. The predicted octanol–water partition coefficient (Wildman–Crippen LogP) is 2.93. The van der Waals surface area contributed by atoms with Gasteiger partial charge in [-0.1, -0.05) is 28.1 Å². The van der Waals surface area contributed by atoms with Crippen LogP contribution in [0, 0.1) is 0 Å². The average Bonchev–Trinajstić information content (AvgIpc) is 2.45. The highest BCUT2D eigenvalue weighted by Crippen LogP contribution is 2.24. The van der Waals surface area contributed by atoms with Gasteiger partial charge < -0.3 is 10.5 Å². The standard InChI is InChI=1S/C15H16BrNO3S/c1-21(18,19)14-8-6-13(7-9-14)20-15(10-17)11-2-4-12(16)5-3-11/h2-9,15H,10,17H2,1H3. The zero-order chi connectivity index (χ0) is 15.5. The van der Waals surface area contributed by atoms with Gasteiger partial charge in [-0.15, -0.1) is 0 Å². The Morgan fingerprint density at radius 1 is 1.10 bits per heavy atom. The zero-order valence-corrected chi connectivity index (χ0v) is 13.9. The summed E-state index contributed by atoms with van der Waals surface area (Å²) < 4.78 is 29.6. The molecule has 1 atom stereocenters. The first-order valence-electron chi connectivity index (χ1n) is 6.32. The van der Waals surface area contributed by atoms with E-state index in [1.807, 2.05) is 24.3 Å². The maximum absolute atomic E-state index is 11.4. The molecule has 0 radical (unpaired) electrons. The smallest absolute Gasteiger partial charge is 0.175 e. The number of hydrogen-bond donors (Lipinski definition) is 1. The minimum atomic E-state index is -3.20. The van der Waals surface area contributed by atoms with Crippen LogP contribution in [0.15, 0.2) is 57.9 Å². The van der Waals surface area contributed by atoms with Gasteiger partial charge in [0.1, 0.15) is 11.9 Å². The molecule has 0 fully saturated rings. The van der Waals surface area contributed by atoms with Crippen molar-refractivity contribution in [3.63, 3.8) is 0 Å². The fourth-order valence-electron chi connectivity index (χ4n) is 1.86. The minimum absolute atomic E-state index is 0.266. The topological polar surface area (TPSA) is 69.4 Å². The molecule has 2 N–H and O–H groups in total. The number of hydrogen-bond acceptors (Lipinski definition) is 4. The maximum atomic E-state index is 11.4. The molecule has 0 aliphatic rings. The summed E-state index contributed by atoms with van der Waals surface area (Å²) in [5.74, 6) is 0.584. The highest BCUT2D eigenvalue weighted by Gasteiger charge is 2.12. The summed E-state index contributed by atoms with van der Waals surface area (Å²) in [7, 11) is -3.20. The highest BCUT2D eigenvalue weighted by molar-refractivity contribution is 9.10. The molecule has 0 bridgehead atoms. The third-order valence-corrected chi connectivity index (χ3v) is 4.64. The van der Waals surface area contributed by atoms with E-state index in [0.29, 0.717) is 12.3 Å². The van der Waals surface area contributed by atoms with Crippen LogP contribution in [0.4, 0.5) is 0 Å². The summed E-state index contributed by atoms with van der Waals surface area (Å²) in [5, 5.41) is 0. The molecule has 6 heteroatoms. The van der Waals surface area contributed by atoms with Crippen molar-refractivity contribution in [2.45, 2.75) is 11.0 Å². The summed E-state index contributed by atoms with van der Waals surface area (Å²) in [6.45, 7) is 0.329. The molecule has 4 nitrogen and oxygen atoms in total. The van der Waals surface area contributed by atoms with E-state index in [1.54, 1.807) is 12.1 Å². The van der Waals surface area contributed by atoms with Gasteiger partial charge in [-0.25, -0.2) is 8.42 Å². The SMILES string of the molecule is CS(=O)(=O)c1ccc(OC(CN)c2ccc(Br)cc2)cc1. The van der Waals surface area contributed by atoms with E-state index in [4.69, 9.17) is 10.5 Å². The van der Waals surface area contributed by atoms with Crippen LogP contribution in [0.2, 0.25) is 0 Å². The van der Waals surface area contributed by atoms with Crippen molar-refractivity contribution < 1.29 is 13.2 Å². The molecule has 2 aromatic carbocycles. The molecule has 0 aromatic heterocycles. The molecule has 112 valence electrons. The van der Waals surface area contributed by atoms with E-state index in [1.165, 1.54) is 18.4 Å². The Labute approximate surface area is 133 Å². The molecule has 0 aliphatic heterocycles. The molecule has 0 heterocycles. The summed E-state index contributed by atoms with van der Waals surface area (Å²) in [6.07, 6.45) is 0.898. The Morgan fingerprint density at radius 2 is 1.67 bits per heavy atom. The average molecular weight is 370 g/mol. The minimum Gasteiger partial charge on any atom is -0.484 e. The molecule has 0 saturated heterocycles. The molecule has 1 unspecified atom stereocenters. The van der Waals surface area contributed by atoms with Crippen molar-refractivity contribution in [3.05, 3.63) is 58.6 Å². The van der Waals surface area contributed by atoms with E-state index in [2.05, 4.69) is 15.9 Å². The maximum Gasteiger partial charge on any atom is 0.175 e. The molecule has 21 heavy (non-hydrogen) atoms. The van der Waals surface area contributed by atoms with E-state index in [-0.39, 0.29) is 11.0 Å². The third kappa shape index (κ3) is 4.30. The largest absolute Gasteiger partial charge is 0.484 e. The fraction of sp³-hybridized carbons (Fsp3) is 0.200. The Morgan fingerprint density at radius 3 is 2.14 bits per heavy atom. The van der Waals surface area contributed by atoms with Crippen molar-refractivity contribution in [2.24, 2.45) is 5.73 Å². The summed E-state index contributed by atoms with van der Waals surface area (Å²) in [5.41, 5.74) is 6.72. The molecule has 0 spiro atoms. The number of benzene rings is 2. The van der Waals surface area contributed by atoms with Crippen molar-refractivity contribution in [1.29, 1.82) is 0 Å². The Bertz CT molecular complexity index is 697. The van der Waals surface area contributed by atoms with E-state index in [0.717, 1.165) is 10.0 Å². The fourth-order valence-corrected chi connectivity index (χ4v) is 2.75. The number of halogens is 1. The van der Waals surface area contributed by atoms with Gasteiger partial charge in [0, 0.05) is 17.3 Å². The van der Waals surface area contributed by atoms with Crippen LogP contribution in [-0.4, -0.2) is 21.2 Å². The number of ether oxygens (including phenoxy) is 1. The first kappa shape index (κ1) is 16.0. The second-order valence-electron chi connectivity index (χ2n) is 4.64. The van der Waals surface area contributed by atoms with Crippen molar-refractivity contribution in [2.75, 3.05) is 12.8 Å². The number of nitrogens with two attached hydrogens (primary N) is 1. The molecule has 0 amide bonds. The van der Waals surface area contributed by atoms with E-state index in [9.17, 15) is 8.42 Å². The van der Waals surface area contributed by atoms with Crippen LogP contribution in [0.3, 0.4) is 0 Å². The van der Waals surface area contributed by atoms with Crippen LogP contribution in [0.1, 0.15) is 11.7 Å². The highest BCUT2D eigenvalue weighted by atomic mass is 79.9. The number of sulfone groups is 1. The van der Waals surface area contributed by atoms with Crippen LogP contribution in [0.5, 0.6) is 5.75 Å². The van der Waals surface area contributed by atoms with Gasteiger partial charge in [0.15, 0.2) is 9.84 Å². The lowest BCUT2D eigenvalue weighted by atomic mass is 10.1. The molecule has 0 saturated carbocycles. The number of rotatable bonds is 5. The second-order valence-corrected chi connectivity index (χ2v) is 7.57. The van der Waals surface area contributed by atoms with Gasteiger partial charge in [0.2, 0.25) is 0 Å². The molecular weight excluding hydrogens is 354 g/mol. The Balaban J connectivity index is 2.17. The van der Waals surface area contributed by atoms with Crippen molar-refractivity contribution >= 4 is 25.8 Å². The van der Waals surface area contributed by atoms with Gasteiger partial charge in [-0.2, -0.15) is 0 Å². The Hall–Kier alpha value is -1.37. The Kier molecular flexibility index (Phi) is 5.03. The summed E-state index contributed by atoms with van der Waals surface area (Å²) >= 11 is 3.38. The second kappa shape index (κ2) is 6.60. The summed E-state index contributed by atoms with van der Waals surface area (Å²) in [6, 6.07) is 14.1. The van der Waals surface area contributed by atoms with Crippen molar-refractivity contribution in [1.82, 2.24) is 0 Å². The zero-order valence-electron chi connectivity index (χ0n) is 11.5. The van der Waals surface area contributed by atoms with Gasteiger partial charge in [-0.3, -0.25) is 0 Å². The predicted molar refractivity (Wildman–Crippen MR) is 86.1 cm³/mol. The van der Waals surface area contributed by atoms with Gasteiger partial charge in [-0.05, 0) is 42.0 Å². The molecule has 0 aliphatic carbocycles. The van der Waals surface area contributed by atoms with Gasteiger partial charge in [0.25, 0.3) is 0 Å². The van der Waals surface area contributed by atoms with Crippen LogP contribution < -0.4 is 10.5 Å².